The smallest absolute Gasteiger partial charge is 0.149 e. The van der Waals surface area contributed by atoms with Crippen LogP contribution in [0.1, 0.15) is 27.7 Å². The van der Waals surface area contributed by atoms with Crippen molar-refractivity contribution >= 4 is 5.84 Å². The Hall–Kier alpha value is -1.07. The van der Waals surface area contributed by atoms with E-state index < -0.39 is 0 Å². The molecule has 0 saturated carbocycles. The number of hydrazone groups is 1. The van der Waals surface area contributed by atoms with Crippen LogP contribution in [0.2, 0.25) is 0 Å². The Morgan fingerprint density at radius 3 is 2.41 bits per heavy atom. The second kappa shape index (κ2) is 3.99. The Morgan fingerprint density at radius 1 is 1.35 bits per heavy atom. The number of ether oxygens (including phenoxy) is 1. The summed E-state index contributed by atoms with van der Waals surface area (Å²) in [5.41, 5.74) is 8.46. The van der Waals surface area contributed by atoms with Crippen molar-refractivity contribution in [2.24, 2.45) is 10.8 Å². The van der Waals surface area contributed by atoms with Gasteiger partial charge in [-0.25, -0.2) is 0 Å². The molecule has 0 aromatic rings. The molecule has 0 radical (unpaired) electrons. The summed E-state index contributed by atoms with van der Waals surface area (Å²) in [6.07, 6.45) is 3.71. The standard InChI is InChI=1S/C12H22N4O/c1-11(2)7-17-8-12(3,4)16(11)10-6-5-9(13)14-15-10/h5-6,9,14H,7-8,13H2,1-4H3. The fourth-order valence-corrected chi connectivity index (χ4v) is 2.65. The lowest BCUT2D eigenvalue weighted by molar-refractivity contribution is -0.0880. The molecular formula is C12H22N4O. The molecule has 0 aliphatic carbocycles. The van der Waals surface area contributed by atoms with Gasteiger partial charge in [-0.1, -0.05) is 0 Å². The molecule has 2 aliphatic rings. The first-order valence-electron chi connectivity index (χ1n) is 5.98. The zero-order valence-corrected chi connectivity index (χ0v) is 11.0. The monoisotopic (exact) mass is 238 g/mol. The first kappa shape index (κ1) is 12.4. The van der Waals surface area contributed by atoms with E-state index in [0.29, 0.717) is 13.2 Å². The van der Waals surface area contributed by atoms with Crippen LogP contribution in [0.3, 0.4) is 0 Å². The highest BCUT2D eigenvalue weighted by Crippen LogP contribution is 2.31. The fraction of sp³-hybridized carbons (Fsp3) is 0.750. The molecule has 96 valence electrons. The number of nitrogens with two attached hydrogens (primary N) is 1. The van der Waals surface area contributed by atoms with E-state index in [1.165, 1.54) is 0 Å². The highest BCUT2D eigenvalue weighted by atomic mass is 16.5. The Balaban J connectivity index is 2.30. The van der Waals surface area contributed by atoms with Crippen LogP contribution in [0, 0.1) is 0 Å². The van der Waals surface area contributed by atoms with Crippen molar-refractivity contribution in [3.8, 4) is 0 Å². The van der Waals surface area contributed by atoms with Crippen LogP contribution in [0.4, 0.5) is 0 Å². The molecule has 0 spiro atoms. The van der Waals surface area contributed by atoms with E-state index in [1.54, 1.807) is 0 Å². The number of nitrogens with one attached hydrogen (secondary N) is 1. The number of amidine groups is 1. The maximum absolute atomic E-state index is 5.71. The average molecular weight is 238 g/mol. The minimum absolute atomic E-state index is 0.0754. The summed E-state index contributed by atoms with van der Waals surface area (Å²) in [5, 5.41) is 4.35. The van der Waals surface area contributed by atoms with E-state index in [-0.39, 0.29) is 17.2 Å². The van der Waals surface area contributed by atoms with Crippen molar-refractivity contribution in [1.29, 1.82) is 0 Å². The number of morpholine rings is 1. The largest absolute Gasteiger partial charge is 0.377 e. The molecule has 17 heavy (non-hydrogen) atoms. The maximum Gasteiger partial charge on any atom is 0.149 e. The molecule has 0 aromatic carbocycles. The molecule has 1 atom stereocenters. The van der Waals surface area contributed by atoms with Gasteiger partial charge < -0.3 is 15.4 Å². The fourth-order valence-electron chi connectivity index (χ4n) is 2.65. The van der Waals surface area contributed by atoms with Gasteiger partial charge in [-0.2, -0.15) is 5.10 Å². The van der Waals surface area contributed by atoms with Crippen LogP contribution in [-0.4, -0.2) is 41.2 Å². The average Bonchev–Trinajstić information content (AvgIpc) is 2.18. The highest BCUT2D eigenvalue weighted by Gasteiger charge is 2.43. The third-order valence-corrected chi connectivity index (χ3v) is 3.13. The Labute approximate surface area is 103 Å². The van der Waals surface area contributed by atoms with E-state index in [2.05, 4.69) is 43.1 Å². The minimum Gasteiger partial charge on any atom is -0.377 e. The van der Waals surface area contributed by atoms with Crippen LogP contribution in [-0.2, 0) is 4.74 Å². The molecule has 1 fully saturated rings. The topological polar surface area (TPSA) is 62.9 Å². The lowest BCUT2D eigenvalue weighted by atomic mass is 9.91. The minimum atomic E-state index is -0.189. The molecule has 2 heterocycles. The lowest BCUT2D eigenvalue weighted by Gasteiger charge is -2.53. The second-order valence-corrected chi connectivity index (χ2v) is 5.94. The second-order valence-electron chi connectivity index (χ2n) is 5.94. The third-order valence-electron chi connectivity index (χ3n) is 3.13. The van der Waals surface area contributed by atoms with Gasteiger partial charge in [-0.15, -0.1) is 0 Å². The molecule has 1 saturated heterocycles. The SMILES string of the molecule is CC1(C)COCC(C)(C)N1C1=NNC(N)C=C1. The predicted molar refractivity (Wildman–Crippen MR) is 68.5 cm³/mol. The van der Waals surface area contributed by atoms with Crippen molar-refractivity contribution in [2.45, 2.75) is 44.9 Å². The summed E-state index contributed by atoms with van der Waals surface area (Å²) in [6, 6.07) is 0. The summed E-state index contributed by atoms with van der Waals surface area (Å²) >= 11 is 0. The van der Waals surface area contributed by atoms with Gasteiger partial charge in [-0.05, 0) is 39.8 Å². The van der Waals surface area contributed by atoms with Crippen molar-refractivity contribution in [1.82, 2.24) is 10.3 Å². The summed E-state index contributed by atoms with van der Waals surface area (Å²) < 4.78 is 5.68. The molecule has 0 bridgehead atoms. The first-order chi connectivity index (χ1) is 7.83. The molecular weight excluding hydrogens is 216 g/mol. The van der Waals surface area contributed by atoms with E-state index in [0.717, 1.165) is 5.84 Å². The van der Waals surface area contributed by atoms with Crippen LogP contribution < -0.4 is 11.2 Å². The number of hydrogen-bond acceptors (Lipinski definition) is 5. The molecule has 0 amide bonds. The highest BCUT2D eigenvalue weighted by molar-refractivity contribution is 5.94. The van der Waals surface area contributed by atoms with E-state index >= 15 is 0 Å². The quantitative estimate of drug-likeness (QED) is 0.650. The van der Waals surface area contributed by atoms with Gasteiger partial charge in [0, 0.05) is 0 Å². The molecule has 3 N–H and O–H groups in total. The summed E-state index contributed by atoms with van der Waals surface area (Å²) in [5.74, 6) is 0.921. The Morgan fingerprint density at radius 2 is 1.94 bits per heavy atom. The molecule has 1 unspecified atom stereocenters. The van der Waals surface area contributed by atoms with Gasteiger partial charge in [0.25, 0.3) is 0 Å². The van der Waals surface area contributed by atoms with E-state index in [4.69, 9.17) is 10.5 Å². The van der Waals surface area contributed by atoms with Gasteiger partial charge in [0.1, 0.15) is 12.0 Å². The normalized spacial score (nSPS) is 30.8. The van der Waals surface area contributed by atoms with Crippen LogP contribution in [0.5, 0.6) is 0 Å². The zero-order chi connectivity index (χ0) is 12.7. The van der Waals surface area contributed by atoms with Crippen molar-refractivity contribution < 1.29 is 4.74 Å². The Bertz CT molecular complexity index is 344. The van der Waals surface area contributed by atoms with Gasteiger partial charge in [0.05, 0.1) is 24.3 Å². The van der Waals surface area contributed by atoms with Crippen molar-refractivity contribution in [3.05, 3.63) is 12.2 Å². The first-order valence-corrected chi connectivity index (χ1v) is 5.98. The van der Waals surface area contributed by atoms with Gasteiger partial charge in [0.2, 0.25) is 0 Å². The van der Waals surface area contributed by atoms with Gasteiger partial charge >= 0.3 is 0 Å². The zero-order valence-electron chi connectivity index (χ0n) is 11.0. The number of hydrogen-bond donors (Lipinski definition) is 2. The van der Waals surface area contributed by atoms with Crippen molar-refractivity contribution in [2.75, 3.05) is 13.2 Å². The molecule has 2 aliphatic heterocycles. The lowest BCUT2D eigenvalue weighted by Crippen LogP contribution is -2.65. The Kier molecular flexibility index (Phi) is 2.91. The van der Waals surface area contributed by atoms with Crippen LogP contribution in [0.25, 0.3) is 0 Å². The molecule has 2 rings (SSSR count). The van der Waals surface area contributed by atoms with E-state index in [9.17, 15) is 0 Å². The van der Waals surface area contributed by atoms with Crippen LogP contribution in [0.15, 0.2) is 17.3 Å². The van der Waals surface area contributed by atoms with Crippen LogP contribution >= 0.6 is 0 Å². The molecule has 5 heteroatoms. The van der Waals surface area contributed by atoms with Crippen molar-refractivity contribution in [3.63, 3.8) is 0 Å². The number of rotatable bonds is 0. The summed E-state index contributed by atoms with van der Waals surface area (Å²) in [6.45, 7) is 10.1. The number of nitrogens with zero attached hydrogens (tertiary/aromatic N) is 2. The van der Waals surface area contributed by atoms with E-state index in [1.807, 2.05) is 12.2 Å². The predicted octanol–water partition coefficient (Wildman–Crippen LogP) is 0.634. The van der Waals surface area contributed by atoms with Gasteiger partial charge in [-0.3, -0.25) is 5.43 Å². The third kappa shape index (κ3) is 2.30. The molecule has 0 aromatic heterocycles. The maximum atomic E-state index is 5.71. The summed E-state index contributed by atoms with van der Waals surface area (Å²) in [4.78, 5) is 2.30. The van der Waals surface area contributed by atoms with Gasteiger partial charge in [0.15, 0.2) is 0 Å². The summed E-state index contributed by atoms with van der Waals surface area (Å²) in [7, 11) is 0. The molecule has 5 nitrogen and oxygen atoms in total.